The van der Waals surface area contributed by atoms with Gasteiger partial charge in [0.15, 0.2) is 0 Å². The van der Waals surface area contributed by atoms with Gasteiger partial charge in [-0.2, -0.15) is 0 Å². The average Bonchev–Trinajstić information content (AvgIpc) is 3.20. The van der Waals surface area contributed by atoms with Crippen LogP contribution in [-0.2, 0) is 4.79 Å². The van der Waals surface area contributed by atoms with Crippen molar-refractivity contribution in [3.8, 4) is 0 Å². The molecule has 106 valence electrons. The van der Waals surface area contributed by atoms with Gasteiger partial charge in [-0.25, -0.2) is 0 Å². The van der Waals surface area contributed by atoms with Gasteiger partial charge >= 0.3 is 0 Å². The molecule has 4 nitrogen and oxygen atoms in total. The van der Waals surface area contributed by atoms with E-state index in [4.69, 9.17) is 0 Å². The van der Waals surface area contributed by atoms with E-state index in [9.17, 15) is 9.59 Å². The van der Waals surface area contributed by atoms with E-state index in [1.54, 1.807) is 0 Å². The summed E-state index contributed by atoms with van der Waals surface area (Å²) in [6, 6.07) is 8.05. The molecule has 1 aliphatic heterocycles. The van der Waals surface area contributed by atoms with Crippen molar-refractivity contribution < 1.29 is 9.59 Å². The molecule has 1 heterocycles. The number of aryl methyl sites for hydroxylation is 1. The zero-order valence-electron chi connectivity index (χ0n) is 11.8. The summed E-state index contributed by atoms with van der Waals surface area (Å²) in [5.41, 5.74) is 1.70. The van der Waals surface area contributed by atoms with Crippen LogP contribution in [0.5, 0.6) is 0 Å². The number of benzene rings is 1. The lowest BCUT2D eigenvalue weighted by Crippen LogP contribution is -2.32. The van der Waals surface area contributed by atoms with Gasteiger partial charge in [-0.15, -0.1) is 0 Å². The van der Waals surface area contributed by atoms with Crippen molar-refractivity contribution in [1.82, 2.24) is 10.2 Å². The molecule has 2 amide bonds. The van der Waals surface area contributed by atoms with Crippen LogP contribution >= 0.6 is 0 Å². The Labute approximate surface area is 119 Å². The Bertz CT molecular complexity index is 537. The van der Waals surface area contributed by atoms with Gasteiger partial charge < -0.3 is 10.2 Å². The van der Waals surface area contributed by atoms with Crippen LogP contribution < -0.4 is 5.32 Å². The summed E-state index contributed by atoms with van der Waals surface area (Å²) in [5, 5.41) is 2.96. The lowest BCUT2D eigenvalue weighted by Gasteiger charge is -2.16. The minimum absolute atomic E-state index is 0.0413. The monoisotopic (exact) mass is 272 g/mol. The van der Waals surface area contributed by atoms with Crippen LogP contribution in [0, 0.1) is 12.8 Å². The van der Waals surface area contributed by atoms with Crippen molar-refractivity contribution in [1.29, 1.82) is 0 Å². The Morgan fingerprint density at radius 2 is 2.10 bits per heavy atom. The maximum Gasteiger partial charge on any atom is 0.251 e. The third-order valence-corrected chi connectivity index (χ3v) is 4.17. The molecule has 0 aromatic heterocycles. The van der Waals surface area contributed by atoms with E-state index in [0.29, 0.717) is 19.0 Å². The van der Waals surface area contributed by atoms with Crippen LogP contribution in [0.2, 0.25) is 0 Å². The van der Waals surface area contributed by atoms with Crippen LogP contribution in [0.1, 0.15) is 35.2 Å². The summed E-state index contributed by atoms with van der Waals surface area (Å²) >= 11 is 0. The average molecular weight is 272 g/mol. The second-order valence-corrected chi connectivity index (χ2v) is 5.87. The number of carbonyl (C=O) groups excluding carboxylic acids is 2. The van der Waals surface area contributed by atoms with Crippen molar-refractivity contribution >= 4 is 11.8 Å². The smallest absolute Gasteiger partial charge is 0.251 e. The second-order valence-electron chi connectivity index (χ2n) is 5.87. The molecule has 0 bridgehead atoms. The van der Waals surface area contributed by atoms with Gasteiger partial charge in [0.05, 0.1) is 0 Å². The minimum atomic E-state index is -0.0413. The molecule has 1 aromatic carbocycles. The maximum absolute atomic E-state index is 12.1. The SMILES string of the molecule is Cc1ccccc1C(=O)NCC1CC(=O)N(C2CC2)C1. The van der Waals surface area contributed by atoms with E-state index in [1.807, 2.05) is 36.1 Å². The Kier molecular flexibility index (Phi) is 3.47. The van der Waals surface area contributed by atoms with Crippen LogP contribution in [0.25, 0.3) is 0 Å². The van der Waals surface area contributed by atoms with Gasteiger partial charge in [-0.05, 0) is 31.4 Å². The molecular weight excluding hydrogens is 252 g/mol. The highest BCUT2D eigenvalue weighted by atomic mass is 16.2. The van der Waals surface area contributed by atoms with Crippen molar-refractivity contribution in [2.45, 2.75) is 32.2 Å². The molecule has 1 N–H and O–H groups in total. The van der Waals surface area contributed by atoms with Crippen LogP contribution in [-0.4, -0.2) is 35.8 Å². The Morgan fingerprint density at radius 1 is 1.35 bits per heavy atom. The fourth-order valence-electron chi connectivity index (χ4n) is 2.84. The number of amides is 2. The third-order valence-electron chi connectivity index (χ3n) is 4.17. The molecule has 20 heavy (non-hydrogen) atoms. The highest BCUT2D eigenvalue weighted by Gasteiger charge is 2.39. The Hall–Kier alpha value is -1.84. The quantitative estimate of drug-likeness (QED) is 0.907. The van der Waals surface area contributed by atoms with E-state index in [-0.39, 0.29) is 17.7 Å². The van der Waals surface area contributed by atoms with Crippen LogP contribution in [0.3, 0.4) is 0 Å². The van der Waals surface area contributed by atoms with E-state index in [2.05, 4.69) is 5.32 Å². The summed E-state index contributed by atoms with van der Waals surface area (Å²) < 4.78 is 0. The number of nitrogens with one attached hydrogen (secondary N) is 1. The number of nitrogens with zero attached hydrogens (tertiary/aromatic N) is 1. The molecule has 4 heteroatoms. The van der Waals surface area contributed by atoms with Crippen molar-refractivity contribution in [2.24, 2.45) is 5.92 Å². The number of carbonyl (C=O) groups is 2. The molecule has 1 atom stereocenters. The van der Waals surface area contributed by atoms with Crippen LogP contribution in [0.15, 0.2) is 24.3 Å². The lowest BCUT2D eigenvalue weighted by molar-refractivity contribution is -0.128. The summed E-state index contributed by atoms with van der Waals surface area (Å²) in [7, 11) is 0. The third kappa shape index (κ3) is 2.69. The predicted octanol–water partition coefficient (Wildman–Crippen LogP) is 1.74. The molecule has 1 aromatic rings. The first kappa shape index (κ1) is 13.2. The van der Waals surface area contributed by atoms with E-state index < -0.39 is 0 Å². The Morgan fingerprint density at radius 3 is 2.80 bits per heavy atom. The molecule has 1 unspecified atom stereocenters. The molecule has 2 aliphatic rings. The summed E-state index contributed by atoms with van der Waals surface area (Å²) in [6.45, 7) is 3.32. The molecule has 1 saturated carbocycles. The highest BCUT2D eigenvalue weighted by Crippen LogP contribution is 2.32. The van der Waals surface area contributed by atoms with Crippen LogP contribution in [0.4, 0.5) is 0 Å². The van der Waals surface area contributed by atoms with Gasteiger partial charge in [-0.3, -0.25) is 9.59 Å². The number of hydrogen-bond donors (Lipinski definition) is 1. The number of likely N-dealkylation sites (tertiary alicyclic amines) is 1. The standard InChI is InChI=1S/C16H20N2O2/c1-11-4-2-3-5-14(11)16(20)17-9-12-8-15(19)18(10-12)13-6-7-13/h2-5,12-13H,6-10H2,1H3,(H,17,20). The summed E-state index contributed by atoms with van der Waals surface area (Å²) in [5.74, 6) is 0.471. The highest BCUT2D eigenvalue weighted by molar-refractivity contribution is 5.95. The summed E-state index contributed by atoms with van der Waals surface area (Å²) in [4.78, 5) is 26.0. The normalized spacial score (nSPS) is 22.1. The molecule has 3 rings (SSSR count). The molecule has 1 aliphatic carbocycles. The minimum Gasteiger partial charge on any atom is -0.352 e. The van der Waals surface area contributed by atoms with Gasteiger partial charge in [0, 0.05) is 37.0 Å². The first-order valence-electron chi connectivity index (χ1n) is 7.28. The topological polar surface area (TPSA) is 49.4 Å². The number of hydrogen-bond acceptors (Lipinski definition) is 2. The van der Waals surface area contributed by atoms with E-state index >= 15 is 0 Å². The number of rotatable bonds is 4. The predicted molar refractivity (Wildman–Crippen MR) is 76.4 cm³/mol. The molecule has 1 saturated heterocycles. The molecule has 2 fully saturated rings. The van der Waals surface area contributed by atoms with Crippen molar-refractivity contribution in [2.75, 3.05) is 13.1 Å². The molecule has 0 spiro atoms. The zero-order chi connectivity index (χ0) is 14.1. The fourth-order valence-corrected chi connectivity index (χ4v) is 2.84. The van der Waals surface area contributed by atoms with E-state index in [0.717, 1.165) is 30.5 Å². The molecular formula is C16H20N2O2. The molecule has 0 radical (unpaired) electrons. The Balaban J connectivity index is 1.54. The zero-order valence-corrected chi connectivity index (χ0v) is 11.8. The lowest BCUT2D eigenvalue weighted by atomic mass is 10.1. The van der Waals surface area contributed by atoms with Crippen molar-refractivity contribution in [3.63, 3.8) is 0 Å². The largest absolute Gasteiger partial charge is 0.352 e. The van der Waals surface area contributed by atoms with E-state index in [1.165, 1.54) is 0 Å². The maximum atomic E-state index is 12.1. The van der Waals surface area contributed by atoms with Crippen molar-refractivity contribution in [3.05, 3.63) is 35.4 Å². The van der Waals surface area contributed by atoms with Gasteiger partial charge in [0.25, 0.3) is 5.91 Å². The van der Waals surface area contributed by atoms with Gasteiger partial charge in [-0.1, -0.05) is 18.2 Å². The second kappa shape index (κ2) is 5.27. The first-order valence-corrected chi connectivity index (χ1v) is 7.28. The van der Waals surface area contributed by atoms with Gasteiger partial charge in [0.2, 0.25) is 5.91 Å². The van der Waals surface area contributed by atoms with Gasteiger partial charge in [0.1, 0.15) is 0 Å². The fraction of sp³-hybridized carbons (Fsp3) is 0.500. The first-order chi connectivity index (χ1) is 9.65. The summed E-state index contributed by atoms with van der Waals surface area (Å²) in [6.07, 6.45) is 2.87.